The summed E-state index contributed by atoms with van der Waals surface area (Å²) >= 11 is 0. The minimum absolute atomic E-state index is 0.0420. The lowest BCUT2D eigenvalue weighted by Crippen LogP contribution is -2.67. The average Bonchev–Trinajstić information content (AvgIpc) is 3.07. The Balaban J connectivity index is 2.25. The Morgan fingerprint density at radius 3 is 2.05 bits per heavy atom. The van der Waals surface area contributed by atoms with E-state index in [4.69, 9.17) is 22.4 Å². The summed E-state index contributed by atoms with van der Waals surface area (Å²) in [5.41, 5.74) is -2.99. The standard InChI is InChI=1S/C25H42N2O10Si2/c1-14(2)38(15(3)4)33-13-18-20(36-39(37-38,16(5)6)17(7)8)25(9,35-22(30)21(29)32-10)23(34-18)27-12-11-19(28)26-24(27)31/h11-12,14-18,20,23H,13H2,1-10H3,(H,26,28,31)/t18-,20-,23-,25-/m1/s1. The number of hydrogen-bond donors (Lipinski definition) is 1. The van der Waals surface area contributed by atoms with Gasteiger partial charge in [0.25, 0.3) is 5.56 Å². The molecule has 4 atom stereocenters. The lowest BCUT2D eigenvalue weighted by Gasteiger charge is -2.52. The zero-order valence-electron chi connectivity index (χ0n) is 24.4. The summed E-state index contributed by atoms with van der Waals surface area (Å²) < 4.78 is 38.9. The highest BCUT2D eigenvalue weighted by Gasteiger charge is 2.66. The van der Waals surface area contributed by atoms with E-state index in [0.717, 1.165) is 17.7 Å². The van der Waals surface area contributed by atoms with Crippen molar-refractivity contribution in [1.29, 1.82) is 0 Å². The summed E-state index contributed by atoms with van der Waals surface area (Å²) in [7, 11) is -5.03. The van der Waals surface area contributed by atoms with E-state index in [9.17, 15) is 19.2 Å². The number of H-pyrrole nitrogens is 1. The molecule has 0 aliphatic carbocycles. The van der Waals surface area contributed by atoms with Crippen molar-refractivity contribution >= 4 is 29.1 Å². The van der Waals surface area contributed by atoms with Crippen molar-refractivity contribution in [2.24, 2.45) is 0 Å². The highest BCUT2D eigenvalue weighted by molar-refractivity contribution is 6.84. The summed E-state index contributed by atoms with van der Waals surface area (Å²) in [6.07, 6.45) is -1.77. The molecular formula is C25H42N2O10Si2. The number of aromatic nitrogens is 2. The second-order valence-corrected chi connectivity index (χ2v) is 20.5. The number of carbonyl (C=O) groups is 2. The van der Waals surface area contributed by atoms with Crippen molar-refractivity contribution in [2.75, 3.05) is 13.7 Å². The van der Waals surface area contributed by atoms with Gasteiger partial charge >= 0.3 is 34.8 Å². The number of nitrogens with zero attached hydrogens (tertiary/aromatic N) is 1. The van der Waals surface area contributed by atoms with Gasteiger partial charge < -0.3 is 27.2 Å². The normalized spacial score (nSPS) is 28.3. The van der Waals surface area contributed by atoms with Crippen LogP contribution in [0.4, 0.5) is 0 Å². The summed E-state index contributed by atoms with van der Waals surface area (Å²) in [6, 6.07) is 1.16. The van der Waals surface area contributed by atoms with Gasteiger partial charge in [0.1, 0.15) is 12.2 Å². The average molecular weight is 587 g/mol. The summed E-state index contributed by atoms with van der Waals surface area (Å²) in [5, 5.41) is 0. The molecule has 0 radical (unpaired) electrons. The number of aromatic amines is 1. The Morgan fingerprint density at radius 1 is 1.00 bits per heavy atom. The first-order valence-corrected chi connectivity index (χ1v) is 17.3. The van der Waals surface area contributed by atoms with Crippen LogP contribution in [-0.4, -0.2) is 70.1 Å². The van der Waals surface area contributed by atoms with Crippen LogP contribution in [-0.2, 0) is 36.8 Å². The quantitative estimate of drug-likeness (QED) is 0.300. The molecule has 220 valence electrons. The van der Waals surface area contributed by atoms with Gasteiger partial charge in [-0.2, -0.15) is 0 Å². The van der Waals surface area contributed by atoms with E-state index in [1.165, 1.54) is 13.1 Å². The molecule has 2 aliphatic rings. The minimum Gasteiger partial charge on any atom is -0.461 e. The third-order valence-electron chi connectivity index (χ3n) is 7.79. The molecule has 3 heterocycles. The first-order chi connectivity index (χ1) is 18.1. The molecule has 2 fully saturated rings. The van der Waals surface area contributed by atoms with Crippen LogP contribution in [0.3, 0.4) is 0 Å². The van der Waals surface area contributed by atoms with Crippen LogP contribution in [0.15, 0.2) is 21.9 Å². The van der Waals surface area contributed by atoms with Crippen molar-refractivity contribution in [3.8, 4) is 0 Å². The maximum atomic E-state index is 12.9. The largest absolute Gasteiger partial charge is 0.461 e. The van der Waals surface area contributed by atoms with Crippen LogP contribution in [0, 0.1) is 0 Å². The molecule has 0 bridgehead atoms. The van der Waals surface area contributed by atoms with Crippen molar-refractivity contribution < 1.29 is 36.8 Å². The van der Waals surface area contributed by atoms with Gasteiger partial charge in [0, 0.05) is 12.3 Å². The first-order valence-electron chi connectivity index (χ1n) is 13.4. The lowest BCUT2D eigenvalue weighted by molar-refractivity contribution is -0.189. The maximum Gasteiger partial charge on any atom is 0.418 e. The molecule has 2 aliphatic heterocycles. The summed E-state index contributed by atoms with van der Waals surface area (Å²) in [5.74, 6) is -2.48. The van der Waals surface area contributed by atoms with Gasteiger partial charge in [-0.3, -0.25) is 14.3 Å². The third kappa shape index (κ3) is 5.46. The molecule has 1 aromatic rings. The Hall–Kier alpha value is -2.11. The molecule has 1 N–H and O–H groups in total. The van der Waals surface area contributed by atoms with E-state index < -0.39 is 64.3 Å². The summed E-state index contributed by atoms with van der Waals surface area (Å²) in [6.45, 7) is 18.1. The van der Waals surface area contributed by atoms with Crippen molar-refractivity contribution in [3.05, 3.63) is 33.1 Å². The molecule has 0 aromatic carbocycles. The monoisotopic (exact) mass is 586 g/mol. The summed E-state index contributed by atoms with van der Waals surface area (Å²) in [4.78, 5) is 51.8. The van der Waals surface area contributed by atoms with E-state index in [-0.39, 0.29) is 28.8 Å². The van der Waals surface area contributed by atoms with E-state index in [1.807, 2.05) is 27.7 Å². The molecule has 0 unspecified atom stereocenters. The Bertz CT molecular complexity index is 1160. The molecule has 2 saturated heterocycles. The van der Waals surface area contributed by atoms with Gasteiger partial charge in [0.2, 0.25) is 0 Å². The van der Waals surface area contributed by atoms with Crippen LogP contribution in [0.5, 0.6) is 0 Å². The van der Waals surface area contributed by atoms with Gasteiger partial charge in [0.05, 0.1) is 13.7 Å². The minimum atomic E-state index is -3.19. The van der Waals surface area contributed by atoms with Crippen molar-refractivity contribution in [3.63, 3.8) is 0 Å². The molecule has 3 rings (SSSR count). The maximum absolute atomic E-state index is 12.9. The molecule has 12 nitrogen and oxygen atoms in total. The van der Waals surface area contributed by atoms with E-state index >= 15 is 0 Å². The third-order valence-corrected chi connectivity index (χ3v) is 18.0. The van der Waals surface area contributed by atoms with Gasteiger partial charge in [-0.1, -0.05) is 55.4 Å². The molecular weight excluding hydrogens is 544 g/mol. The van der Waals surface area contributed by atoms with Crippen LogP contribution in [0.2, 0.25) is 22.2 Å². The number of carbonyl (C=O) groups excluding carboxylic acids is 2. The smallest absolute Gasteiger partial charge is 0.418 e. The number of nitrogens with one attached hydrogen (secondary N) is 1. The van der Waals surface area contributed by atoms with Crippen molar-refractivity contribution in [1.82, 2.24) is 9.55 Å². The highest BCUT2D eigenvalue weighted by atomic mass is 28.5. The van der Waals surface area contributed by atoms with Crippen molar-refractivity contribution in [2.45, 2.75) is 109 Å². The lowest BCUT2D eigenvalue weighted by atomic mass is 9.96. The van der Waals surface area contributed by atoms with Gasteiger partial charge in [-0.25, -0.2) is 14.4 Å². The number of fused-ring (bicyclic) bond motifs is 1. The first kappa shape index (κ1) is 31.4. The molecule has 14 heteroatoms. The second kappa shape index (κ2) is 11.4. The van der Waals surface area contributed by atoms with Gasteiger partial charge in [-0.05, 0) is 29.1 Å². The topological polar surface area (TPSA) is 144 Å². The van der Waals surface area contributed by atoms with Crippen LogP contribution < -0.4 is 11.2 Å². The van der Waals surface area contributed by atoms with Gasteiger partial charge in [0.15, 0.2) is 11.8 Å². The predicted molar refractivity (Wildman–Crippen MR) is 146 cm³/mol. The zero-order valence-corrected chi connectivity index (χ0v) is 26.4. The second-order valence-electron chi connectivity index (χ2n) is 11.6. The number of methoxy groups -OCH3 is 1. The Labute approximate surface area is 230 Å². The molecule has 39 heavy (non-hydrogen) atoms. The fraction of sp³-hybridized carbons (Fsp3) is 0.760. The van der Waals surface area contributed by atoms with E-state index in [0.29, 0.717) is 0 Å². The van der Waals surface area contributed by atoms with Crippen LogP contribution in [0.25, 0.3) is 0 Å². The van der Waals surface area contributed by atoms with E-state index in [1.54, 1.807) is 0 Å². The predicted octanol–water partition coefficient (Wildman–Crippen LogP) is 2.87. The van der Waals surface area contributed by atoms with Crippen LogP contribution in [0.1, 0.15) is 68.5 Å². The number of hydrogen-bond acceptors (Lipinski definition) is 10. The Kier molecular flexibility index (Phi) is 9.19. The number of ether oxygens (including phenoxy) is 3. The molecule has 1 aromatic heterocycles. The SMILES string of the molecule is COC(=O)C(=O)O[C@]1(C)[C@@H]2O[Si](C(C)C)(C(C)C)O[Si](C(C)C)(C(C)C)OC[C@H]2O[C@H]1n1ccc(=O)[nH]c1=O. The van der Waals surface area contributed by atoms with E-state index in [2.05, 4.69) is 37.4 Å². The fourth-order valence-electron chi connectivity index (χ4n) is 5.71. The zero-order chi connectivity index (χ0) is 29.5. The number of rotatable bonds is 6. The molecule has 0 amide bonds. The molecule has 0 spiro atoms. The Morgan fingerprint density at radius 2 is 1.56 bits per heavy atom. The fourth-order valence-corrected chi connectivity index (χ4v) is 17.0. The van der Waals surface area contributed by atoms with Gasteiger partial charge in [-0.15, -0.1) is 0 Å². The van der Waals surface area contributed by atoms with Crippen LogP contribution >= 0.6 is 0 Å². The molecule has 0 saturated carbocycles. The highest BCUT2D eigenvalue weighted by Crippen LogP contribution is 2.51. The number of esters is 2.